The van der Waals surface area contributed by atoms with Crippen LogP contribution in [0.3, 0.4) is 0 Å². The van der Waals surface area contributed by atoms with Gasteiger partial charge in [-0.3, -0.25) is 5.32 Å². The molecule has 1 amide bonds. The van der Waals surface area contributed by atoms with Gasteiger partial charge in [0, 0.05) is 18.8 Å². The average molecular weight is 439 g/mol. The molecule has 0 radical (unpaired) electrons. The number of hydrogen-bond donors (Lipinski definition) is 1. The van der Waals surface area contributed by atoms with Crippen LogP contribution in [0, 0.1) is 17.8 Å². The van der Waals surface area contributed by atoms with Crippen LogP contribution in [0.25, 0.3) is 0 Å². The lowest BCUT2D eigenvalue weighted by molar-refractivity contribution is 0.0126. The maximum absolute atomic E-state index is 12.9. The number of sulfonamides is 1. The molecule has 0 bridgehead atoms. The SMILES string of the molecule is CCCN(CCC)S(=O)(=O)c1ccc(NC(=O)O[C@@H]2C[C@H](C)CC[C@@H]2C(C)C)cc1. The Hall–Kier alpha value is -1.60. The van der Waals surface area contributed by atoms with E-state index >= 15 is 0 Å². The van der Waals surface area contributed by atoms with Gasteiger partial charge in [0.2, 0.25) is 10.0 Å². The minimum Gasteiger partial charge on any atom is -0.446 e. The number of carbonyl (C=O) groups excluding carboxylic acids is 1. The zero-order chi connectivity index (χ0) is 22.3. The molecule has 1 aliphatic rings. The first-order valence-corrected chi connectivity index (χ1v) is 12.7. The number of rotatable bonds is 9. The minimum absolute atomic E-state index is 0.0787. The Morgan fingerprint density at radius 1 is 1.13 bits per heavy atom. The van der Waals surface area contributed by atoms with E-state index in [2.05, 4.69) is 26.1 Å². The number of amides is 1. The Labute approximate surface area is 182 Å². The predicted molar refractivity (Wildman–Crippen MR) is 121 cm³/mol. The second kappa shape index (κ2) is 11.1. The first-order chi connectivity index (χ1) is 14.2. The zero-order valence-electron chi connectivity index (χ0n) is 19.1. The summed E-state index contributed by atoms with van der Waals surface area (Å²) in [4.78, 5) is 12.7. The molecular weight excluding hydrogens is 400 g/mol. The fraction of sp³-hybridized carbons (Fsp3) is 0.696. The molecule has 1 fully saturated rings. The quantitative estimate of drug-likeness (QED) is 0.552. The van der Waals surface area contributed by atoms with Gasteiger partial charge in [0.1, 0.15) is 6.10 Å². The molecule has 0 aromatic heterocycles. The highest BCUT2D eigenvalue weighted by Crippen LogP contribution is 2.35. The minimum atomic E-state index is -3.53. The molecule has 1 N–H and O–H groups in total. The van der Waals surface area contributed by atoms with Crippen molar-refractivity contribution in [1.29, 1.82) is 0 Å². The smallest absolute Gasteiger partial charge is 0.411 e. The fourth-order valence-corrected chi connectivity index (χ4v) is 5.87. The predicted octanol–water partition coefficient (Wildman–Crippen LogP) is 5.51. The van der Waals surface area contributed by atoms with E-state index in [0.717, 1.165) is 25.7 Å². The lowest BCUT2D eigenvalue weighted by Crippen LogP contribution is -2.37. The van der Waals surface area contributed by atoms with Crippen molar-refractivity contribution in [2.45, 2.75) is 77.7 Å². The number of carbonyl (C=O) groups is 1. The molecule has 1 saturated carbocycles. The van der Waals surface area contributed by atoms with E-state index in [-0.39, 0.29) is 11.0 Å². The van der Waals surface area contributed by atoms with E-state index in [1.807, 2.05) is 13.8 Å². The molecule has 1 aromatic rings. The first kappa shape index (κ1) is 24.7. The van der Waals surface area contributed by atoms with Crippen LogP contribution in [0.5, 0.6) is 0 Å². The Morgan fingerprint density at radius 2 is 1.73 bits per heavy atom. The summed E-state index contributed by atoms with van der Waals surface area (Å²) in [5.74, 6) is 1.40. The Balaban J connectivity index is 2.03. The summed E-state index contributed by atoms with van der Waals surface area (Å²) < 4.78 is 33.0. The van der Waals surface area contributed by atoms with Crippen molar-refractivity contribution in [3.8, 4) is 0 Å². The van der Waals surface area contributed by atoms with Gasteiger partial charge in [0.25, 0.3) is 0 Å². The van der Waals surface area contributed by atoms with Gasteiger partial charge in [0.15, 0.2) is 0 Å². The number of hydrogen-bond acceptors (Lipinski definition) is 4. The molecular formula is C23H38N2O4S. The van der Waals surface area contributed by atoms with Crippen molar-refractivity contribution in [2.24, 2.45) is 17.8 Å². The van der Waals surface area contributed by atoms with E-state index in [0.29, 0.717) is 36.5 Å². The summed E-state index contributed by atoms with van der Waals surface area (Å²) in [7, 11) is -3.53. The lowest BCUT2D eigenvalue weighted by atomic mass is 9.75. The fourth-order valence-electron chi connectivity index (χ4n) is 4.25. The Bertz CT molecular complexity index is 771. The average Bonchev–Trinajstić information content (AvgIpc) is 2.68. The van der Waals surface area contributed by atoms with Crippen LogP contribution in [-0.2, 0) is 14.8 Å². The summed E-state index contributed by atoms with van der Waals surface area (Å²) >= 11 is 0. The highest BCUT2D eigenvalue weighted by atomic mass is 32.2. The molecule has 3 atom stereocenters. The van der Waals surface area contributed by atoms with Crippen molar-refractivity contribution in [1.82, 2.24) is 4.31 Å². The lowest BCUT2D eigenvalue weighted by Gasteiger charge is -2.36. The molecule has 7 heteroatoms. The van der Waals surface area contributed by atoms with Crippen LogP contribution in [-0.4, -0.2) is 38.0 Å². The third-order valence-corrected chi connectivity index (χ3v) is 7.82. The second-order valence-electron chi connectivity index (χ2n) is 8.82. The van der Waals surface area contributed by atoms with Gasteiger partial charge in [-0.05, 0) is 67.7 Å². The van der Waals surface area contributed by atoms with Gasteiger partial charge in [-0.1, -0.05) is 41.0 Å². The molecule has 6 nitrogen and oxygen atoms in total. The standard InChI is InChI=1S/C23H38N2O4S/c1-6-14-25(15-7-2)30(27,28)20-11-9-19(10-12-20)24-23(26)29-22-16-18(5)8-13-21(22)17(3)4/h9-12,17-18,21-22H,6-8,13-16H2,1-5H3,(H,24,26)/t18-,21-,22-/m1/s1. The number of anilines is 1. The largest absolute Gasteiger partial charge is 0.446 e. The number of ether oxygens (including phenoxy) is 1. The summed E-state index contributed by atoms with van der Waals surface area (Å²) in [6.45, 7) is 11.5. The third-order valence-electron chi connectivity index (χ3n) is 5.90. The van der Waals surface area contributed by atoms with Gasteiger partial charge in [-0.15, -0.1) is 0 Å². The van der Waals surface area contributed by atoms with Crippen LogP contribution in [0.1, 0.15) is 66.7 Å². The van der Waals surface area contributed by atoms with Gasteiger partial charge in [-0.25, -0.2) is 13.2 Å². The maximum atomic E-state index is 12.9. The van der Waals surface area contributed by atoms with Crippen molar-refractivity contribution < 1.29 is 17.9 Å². The Kier molecular flexibility index (Phi) is 9.16. The zero-order valence-corrected chi connectivity index (χ0v) is 19.9. The monoisotopic (exact) mass is 438 g/mol. The third kappa shape index (κ3) is 6.45. The van der Waals surface area contributed by atoms with Gasteiger partial charge in [-0.2, -0.15) is 4.31 Å². The molecule has 1 aromatic carbocycles. The normalized spacial score (nSPS) is 22.3. The van der Waals surface area contributed by atoms with Crippen molar-refractivity contribution in [3.63, 3.8) is 0 Å². The van der Waals surface area contributed by atoms with Crippen LogP contribution < -0.4 is 5.32 Å². The Morgan fingerprint density at radius 3 is 2.27 bits per heavy atom. The topological polar surface area (TPSA) is 75.7 Å². The second-order valence-corrected chi connectivity index (χ2v) is 10.8. The van der Waals surface area contributed by atoms with Crippen LogP contribution in [0.15, 0.2) is 29.2 Å². The molecule has 2 rings (SSSR count). The summed E-state index contributed by atoms with van der Waals surface area (Å²) in [5, 5.41) is 2.75. The molecule has 0 aliphatic heterocycles. The molecule has 0 heterocycles. The maximum Gasteiger partial charge on any atom is 0.411 e. The highest BCUT2D eigenvalue weighted by Gasteiger charge is 2.33. The summed E-state index contributed by atoms with van der Waals surface area (Å²) in [6, 6.07) is 6.33. The van der Waals surface area contributed by atoms with E-state index in [1.165, 1.54) is 10.7 Å². The molecule has 30 heavy (non-hydrogen) atoms. The highest BCUT2D eigenvalue weighted by molar-refractivity contribution is 7.89. The van der Waals surface area contributed by atoms with E-state index in [1.54, 1.807) is 24.3 Å². The summed E-state index contributed by atoms with van der Waals surface area (Å²) in [5.41, 5.74) is 0.529. The molecule has 0 unspecified atom stereocenters. The number of benzene rings is 1. The van der Waals surface area contributed by atoms with Gasteiger partial charge >= 0.3 is 6.09 Å². The van der Waals surface area contributed by atoms with Crippen molar-refractivity contribution >= 4 is 21.8 Å². The van der Waals surface area contributed by atoms with Crippen LogP contribution in [0.2, 0.25) is 0 Å². The van der Waals surface area contributed by atoms with Crippen molar-refractivity contribution in [3.05, 3.63) is 24.3 Å². The molecule has 170 valence electrons. The van der Waals surface area contributed by atoms with Crippen molar-refractivity contribution in [2.75, 3.05) is 18.4 Å². The molecule has 0 spiro atoms. The molecule has 1 aliphatic carbocycles. The number of nitrogens with zero attached hydrogens (tertiary/aromatic N) is 1. The van der Waals surface area contributed by atoms with Crippen LogP contribution >= 0.6 is 0 Å². The summed E-state index contributed by atoms with van der Waals surface area (Å²) in [6.07, 6.45) is 4.11. The van der Waals surface area contributed by atoms with E-state index in [9.17, 15) is 13.2 Å². The molecule has 0 saturated heterocycles. The van der Waals surface area contributed by atoms with Crippen LogP contribution in [0.4, 0.5) is 10.5 Å². The van der Waals surface area contributed by atoms with Gasteiger partial charge < -0.3 is 4.74 Å². The van der Waals surface area contributed by atoms with E-state index in [4.69, 9.17) is 4.74 Å². The van der Waals surface area contributed by atoms with E-state index < -0.39 is 16.1 Å². The van der Waals surface area contributed by atoms with Gasteiger partial charge in [0.05, 0.1) is 4.90 Å². The number of nitrogens with one attached hydrogen (secondary N) is 1. The first-order valence-electron chi connectivity index (χ1n) is 11.3.